The number of carbonyl (C=O) groups is 2. The highest BCUT2D eigenvalue weighted by atomic mass is 32.2. The van der Waals surface area contributed by atoms with E-state index in [1.54, 1.807) is 0 Å². The Balaban J connectivity index is 1.94. The fourth-order valence-corrected chi connectivity index (χ4v) is 4.21. The van der Waals surface area contributed by atoms with Crippen LogP contribution in [0.15, 0.2) is 41.3 Å². The number of carboxylic acids is 1. The second-order valence-corrected chi connectivity index (χ2v) is 7.64. The van der Waals surface area contributed by atoms with Crippen LogP contribution >= 0.6 is 24.0 Å². The van der Waals surface area contributed by atoms with Crippen LogP contribution in [0.4, 0.5) is 0 Å². The predicted octanol–water partition coefficient (Wildman–Crippen LogP) is 4.30. The van der Waals surface area contributed by atoms with Crippen molar-refractivity contribution in [3.63, 3.8) is 0 Å². The quantitative estimate of drug-likeness (QED) is 0.551. The van der Waals surface area contributed by atoms with Crippen molar-refractivity contribution in [2.45, 2.75) is 19.8 Å². The first-order valence-electron chi connectivity index (χ1n) is 8.63. The summed E-state index contributed by atoms with van der Waals surface area (Å²) in [5.74, 6) is -0.355. The van der Waals surface area contributed by atoms with E-state index in [2.05, 4.69) is 0 Å². The fourth-order valence-electron chi connectivity index (χ4n) is 2.92. The summed E-state index contributed by atoms with van der Waals surface area (Å²) in [5.41, 5.74) is 0.848. The van der Waals surface area contributed by atoms with Crippen LogP contribution in [0.2, 0.25) is 0 Å². The molecule has 0 saturated carbocycles. The Hall–Kier alpha value is -2.38. The van der Waals surface area contributed by atoms with Crippen molar-refractivity contribution in [1.82, 2.24) is 4.90 Å². The van der Waals surface area contributed by atoms with Crippen molar-refractivity contribution in [3.05, 3.63) is 46.9 Å². The van der Waals surface area contributed by atoms with Gasteiger partial charge in [-0.3, -0.25) is 14.5 Å². The average Bonchev–Trinajstić information content (AvgIpc) is 2.91. The maximum Gasteiger partial charge on any atom is 0.303 e. The maximum atomic E-state index is 12.8. The average molecular weight is 402 g/mol. The molecule has 0 bridgehead atoms. The van der Waals surface area contributed by atoms with E-state index in [9.17, 15) is 9.59 Å². The van der Waals surface area contributed by atoms with Gasteiger partial charge in [-0.25, -0.2) is 0 Å². The highest BCUT2D eigenvalue weighted by molar-refractivity contribution is 8.26. The lowest BCUT2D eigenvalue weighted by atomic mass is 10.0. The van der Waals surface area contributed by atoms with Gasteiger partial charge in [-0.05, 0) is 36.3 Å². The molecule has 27 heavy (non-hydrogen) atoms. The molecule has 5 nitrogen and oxygen atoms in total. The van der Waals surface area contributed by atoms with Crippen LogP contribution in [0.1, 0.15) is 25.3 Å². The number of aliphatic carboxylic acids is 1. The minimum Gasteiger partial charge on any atom is -0.493 e. The summed E-state index contributed by atoms with van der Waals surface area (Å²) in [6, 6.07) is 11.8. The van der Waals surface area contributed by atoms with Crippen LogP contribution in [0.25, 0.3) is 16.8 Å². The fraction of sp³-hybridized carbons (Fsp3) is 0.250. The number of carbonyl (C=O) groups excluding carboxylic acids is 1. The molecule has 1 aliphatic heterocycles. The lowest BCUT2D eigenvalue weighted by molar-refractivity contribution is -0.137. The largest absolute Gasteiger partial charge is 0.493 e. The number of ether oxygens (including phenoxy) is 1. The third-order valence-corrected chi connectivity index (χ3v) is 5.53. The Labute approximate surface area is 167 Å². The van der Waals surface area contributed by atoms with Gasteiger partial charge in [0, 0.05) is 18.5 Å². The van der Waals surface area contributed by atoms with Gasteiger partial charge >= 0.3 is 5.97 Å². The van der Waals surface area contributed by atoms with Gasteiger partial charge < -0.3 is 9.84 Å². The van der Waals surface area contributed by atoms with E-state index in [4.69, 9.17) is 22.1 Å². The first-order chi connectivity index (χ1) is 13.0. The summed E-state index contributed by atoms with van der Waals surface area (Å²) in [5, 5.41) is 10.8. The Kier molecular flexibility index (Phi) is 6.13. The summed E-state index contributed by atoms with van der Waals surface area (Å²) in [4.78, 5) is 25.5. The van der Waals surface area contributed by atoms with Crippen molar-refractivity contribution in [2.24, 2.45) is 0 Å². The topological polar surface area (TPSA) is 66.8 Å². The number of benzene rings is 2. The minimum absolute atomic E-state index is 0.00786. The highest BCUT2D eigenvalue weighted by Crippen LogP contribution is 2.37. The molecule has 1 heterocycles. The summed E-state index contributed by atoms with van der Waals surface area (Å²) >= 11 is 6.56. The van der Waals surface area contributed by atoms with Crippen molar-refractivity contribution < 1.29 is 19.4 Å². The summed E-state index contributed by atoms with van der Waals surface area (Å²) in [7, 11) is 0. The van der Waals surface area contributed by atoms with Gasteiger partial charge in [-0.2, -0.15) is 0 Å². The second kappa shape index (κ2) is 8.54. The van der Waals surface area contributed by atoms with E-state index in [1.165, 1.54) is 16.7 Å². The first-order valence-corrected chi connectivity index (χ1v) is 9.85. The molecule has 140 valence electrons. The molecule has 0 aromatic heterocycles. The van der Waals surface area contributed by atoms with Crippen LogP contribution < -0.4 is 4.74 Å². The SMILES string of the molecule is CCOc1ccc2ccccc2c1/C=C1/SC(=S)N(CCCC(=O)O)C1=O. The van der Waals surface area contributed by atoms with E-state index in [1.807, 2.05) is 49.4 Å². The zero-order valence-electron chi connectivity index (χ0n) is 14.8. The van der Waals surface area contributed by atoms with E-state index in [-0.39, 0.29) is 12.3 Å². The van der Waals surface area contributed by atoms with Crippen LogP contribution in [-0.4, -0.2) is 39.4 Å². The molecular formula is C20H19NO4S2. The zero-order chi connectivity index (χ0) is 19.4. The third-order valence-electron chi connectivity index (χ3n) is 4.15. The number of rotatable bonds is 7. The second-order valence-electron chi connectivity index (χ2n) is 5.96. The molecule has 0 unspecified atom stereocenters. The number of amides is 1. The van der Waals surface area contributed by atoms with Crippen molar-refractivity contribution >= 4 is 57.0 Å². The standard InChI is InChI=1S/C20H19NO4S2/c1-2-25-16-10-9-13-6-3-4-7-14(13)15(16)12-17-19(24)21(20(26)27-17)11-5-8-18(22)23/h3-4,6-7,9-10,12H,2,5,8,11H2,1H3,(H,22,23)/b17-12+. The lowest BCUT2D eigenvalue weighted by Gasteiger charge is -2.13. The van der Waals surface area contributed by atoms with Crippen molar-refractivity contribution in [3.8, 4) is 5.75 Å². The Bertz CT molecular complexity index is 939. The van der Waals surface area contributed by atoms with Gasteiger partial charge in [0.25, 0.3) is 5.91 Å². The molecule has 0 radical (unpaired) electrons. The molecule has 2 aromatic carbocycles. The Morgan fingerprint density at radius 3 is 2.81 bits per heavy atom. The number of thiocarbonyl (C=S) groups is 1. The number of hydrogen-bond acceptors (Lipinski definition) is 5. The van der Waals surface area contributed by atoms with E-state index >= 15 is 0 Å². The third kappa shape index (κ3) is 4.31. The van der Waals surface area contributed by atoms with Gasteiger partial charge in [0.05, 0.1) is 11.5 Å². The smallest absolute Gasteiger partial charge is 0.303 e. The van der Waals surface area contributed by atoms with Crippen LogP contribution in [0, 0.1) is 0 Å². The number of carboxylic acid groups (broad SMARTS) is 1. The Morgan fingerprint density at radius 1 is 1.30 bits per heavy atom. The van der Waals surface area contributed by atoms with Gasteiger partial charge in [0.2, 0.25) is 0 Å². The van der Waals surface area contributed by atoms with Gasteiger partial charge in [-0.15, -0.1) is 0 Å². The minimum atomic E-state index is -0.881. The van der Waals surface area contributed by atoms with Gasteiger partial charge in [-0.1, -0.05) is 54.3 Å². The molecule has 1 amide bonds. The van der Waals surface area contributed by atoms with E-state index in [0.717, 1.165) is 16.3 Å². The number of hydrogen-bond donors (Lipinski definition) is 1. The van der Waals surface area contributed by atoms with Crippen molar-refractivity contribution in [1.29, 1.82) is 0 Å². The molecule has 0 atom stereocenters. The zero-order valence-corrected chi connectivity index (χ0v) is 16.4. The predicted molar refractivity (Wildman–Crippen MR) is 112 cm³/mol. The van der Waals surface area contributed by atoms with E-state index < -0.39 is 5.97 Å². The first kappa shape index (κ1) is 19.4. The monoisotopic (exact) mass is 401 g/mol. The molecule has 3 rings (SSSR count). The number of thioether (sulfide) groups is 1. The molecule has 0 spiro atoms. The van der Waals surface area contributed by atoms with Crippen molar-refractivity contribution in [2.75, 3.05) is 13.2 Å². The van der Waals surface area contributed by atoms with Crippen LogP contribution in [-0.2, 0) is 9.59 Å². The van der Waals surface area contributed by atoms with Crippen LogP contribution in [0.3, 0.4) is 0 Å². The van der Waals surface area contributed by atoms with Gasteiger partial charge in [0.1, 0.15) is 10.1 Å². The number of nitrogens with zero attached hydrogens (tertiary/aromatic N) is 1. The molecule has 2 aromatic rings. The van der Waals surface area contributed by atoms with Gasteiger partial charge in [0.15, 0.2) is 0 Å². The summed E-state index contributed by atoms with van der Waals surface area (Å²) in [6.45, 7) is 2.75. The summed E-state index contributed by atoms with van der Waals surface area (Å²) in [6.07, 6.45) is 2.20. The molecule has 7 heteroatoms. The normalized spacial score (nSPS) is 15.7. The highest BCUT2D eigenvalue weighted by Gasteiger charge is 2.32. The molecular weight excluding hydrogens is 382 g/mol. The van der Waals surface area contributed by atoms with Crippen LogP contribution in [0.5, 0.6) is 5.75 Å². The molecule has 1 saturated heterocycles. The molecule has 1 aliphatic rings. The molecule has 1 N–H and O–H groups in total. The maximum absolute atomic E-state index is 12.8. The lowest BCUT2D eigenvalue weighted by Crippen LogP contribution is -2.29. The molecule has 0 aliphatic carbocycles. The molecule has 1 fully saturated rings. The Morgan fingerprint density at radius 2 is 2.07 bits per heavy atom. The number of fused-ring (bicyclic) bond motifs is 1. The van der Waals surface area contributed by atoms with E-state index in [0.29, 0.717) is 34.5 Å². The summed E-state index contributed by atoms with van der Waals surface area (Å²) < 4.78 is 6.21.